The van der Waals surface area contributed by atoms with Crippen LogP contribution in [0.1, 0.15) is 17.0 Å². The van der Waals surface area contributed by atoms with Crippen molar-refractivity contribution in [1.82, 2.24) is 13.9 Å². The number of carbonyl (C=O) groups excluding carboxylic acids is 1. The van der Waals surface area contributed by atoms with E-state index in [9.17, 15) is 13.2 Å². The monoisotopic (exact) mass is 411 g/mol. The number of ether oxygens (including phenoxy) is 1. The molecule has 1 aromatic heterocycles. The number of aromatic nitrogens is 2. The van der Waals surface area contributed by atoms with Gasteiger partial charge in [0.05, 0.1) is 36.3 Å². The SMILES string of the molecule is COC(=O)[C@@H]1Cc2ncn(Cc3ccccc3)c2CN1S(=O)(=O)c1ccccc1. The smallest absolute Gasteiger partial charge is 0.324 e. The van der Waals surface area contributed by atoms with Gasteiger partial charge in [-0.2, -0.15) is 4.31 Å². The van der Waals surface area contributed by atoms with Gasteiger partial charge < -0.3 is 9.30 Å². The molecular formula is C21H21N3O4S. The number of methoxy groups -OCH3 is 1. The molecule has 0 spiro atoms. The molecule has 150 valence electrons. The normalized spacial score (nSPS) is 16.9. The lowest BCUT2D eigenvalue weighted by Gasteiger charge is -2.33. The largest absolute Gasteiger partial charge is 0.468 e. The van der Waals surface area contributed by atoms with Gasteiger partial charge in [0, 0.05) is 13.0 Å². The molecule has 1 aliphatic rings. The first-order valence-electron chi connectivity index (χ1n) is 9.22. The van der Waals surface area contributed by atoms with Crippen molar-refractivity contribution in [3.8, 4) is 0 Å². The zero-order valence-electron chi connectivity index (χ0n) is 15.9. The van der Waals surface area contributed by atoms with Gasteiger partial charge in [-0.25, -0.2) is 13.4 Å². The highest BCUT2D eigenvalue weighted by atomic mass is 32.2. The second kappa shape index (κ2) is 7.81. The quantitative estimate of drug-likeness (QED) is 0.602. The predicted octanol–water partition coefficient (Wildman–Crippen LogP) is 2.22. The van der Waals surface area contributed by atoms with E-state index in [4.69, 9.17) is 4.74 Å². The van der Waals surface area contributed by atoms with E-state index in [1.165, 1.54) is 23.5 Å². The summed E-state index contributed by atoms with van der Waals surface area (Å²) < 4.78 is 34.7. The minimum Gasteiger partial charge on any atom is -0.468 e. The van der Waals surface area contributed by atoms with E-state index in [0.717, 1.165) is 17.0 Å². The van der Waals surface area contributed by atoms with Gasteiger partial charge in [-0.3, -0.25) is 4.79 Å². The Bertz CT molecular complexity index is 1110. The van der Waals surface area contributed by atoms with Gasteiger partial charge in [0.1, 0.15) is 6.04 Å². The first-order valence-corrected chi connectivity index (χ1v) is 10.7. The van der Waals surface area contributed by atoms with Gasteiger partial charge >= 0.3 is 5.97 Å². The number of nitrogens with zero attached hydrogens (tertiary/aromatic N) is 3. The Labute approximate surface area is 169 Å². The van der Waals surface area contributed by atoms with Gasteiger partial charge in [-0.05, 0) is 17.7 Å². The molecule has 1 aliphatic heterocycles. The fourth-order valence-electron chi connectivity index (χ4n) is 3.58. The summed E-state index contributed by atoms with van der Waals surface area (Å²) in [6, 6.07) is 17.1. The Morgan fingerprint density at radius 1 is 1.10 bits per heavy atom. The molecular weight excluding hydrogens is 390 g/mol. The third kappa shape index (κ3) is 3.68. The van der Waals surface area contributed by atoms with Gasteiger partial charge in [-0.1, -0.05) is 48.5 Å². The number of rotatable bonds is 5. The molecule has 29 heavy (non-hydrogen) atoms. The van der Waals surface area contributed by atoms with Crippen LogP contribution in [0, 0.1) is 0 Å². The maximum absolute atomic E-state index is 13.3. The summed E-state index contributed by atoms with van der Waals surface area (Å²) in [5, 5.41) is 0. The maximum atomic E-state index is 13.3. The van der Waals surface area contributed by atoms with Crippen LogP contribution in [0.5, 0.6) is 0 Å². The second-order valence-electron chi connectivity index (χ2n) is 6.86. The molecule has 8 heteroatoms. The van der Waals surface area contributed by atoms with Crippen molar-refractivity contribution < 1.29 is 17.9 Å². The summed E-state index contributed by atoms with van der Waals surface area (Å²) in [5.74, 6) is -0.590. The van der Waals surface area contributed by atoms with Crippen molar-refractivity contribution >= 4 is 16.0 Å². The summed E-state index contributed by atoms with van der Waals surface area (Å²) in [4.78, 5) is 17.0. The van der Waals surface area contributed by atoms with Crippen molar-refractivity contribution in [2.75, 3.05) is 7.11 Å². The van der Waals surface area contributed by atoms with E-state index < -0.39 is 22.0 Å². The Morgan fingerprint density at radius 2 is 1.76 bits per heavy atom. The first kappa shape index (κ1) is 19.4. The zero-order valence-corrected chi connectivity index (χ0v) is 16.7. The van der Waals surface area contributed by atoms with E-state index in [1.54, 1.807) is 24.5 Å². The number of imidazole rings is 1. The van der Waals surface area contributed by atoms with Crippen LogP contribution >= 0.6 is 0 Å². The van der Waals surface area contributed by atoms with Crippen molar-refractivity contribution in [3.63, 3.8) is 0 Å². The highest BCUT2D eigenvalue weighted by Gasteiger charge is 2.42. The molecule has 2 heterocycles. The average molecular weight is 411 g/mol. The molecule has 0 radical (unpaired) electrons. The van der Waals surface area contributed by atoms with E-state index in [-0.39, 0.29) is 17.9 Å². The van der Waals surface area contributed by atoms with Crippen molar-refractivity contribution in [3.05, 3.63) is 83.9 Å². The molecule has 7 nitrogen and oxygen atoms in total. The Kier molecular flexibility index (Phi) is 5.21. The van der Waals surface area contributed by atoms with Crippen molar-refractivity contribution in [2.24, 2.45) is 0 Å². The second-order valence-corrected chi connectivity index (χ2v) is 8.75. The Hall–Kier alpha value is -2.97. The van der Waals surface area contributed by atoms with E-state index in [1.807, 2.05) is 34.9 Å². The van der Waals surface area contributed by atoms with Crippen molar-refractivity contribution in [2.45, 2.75) is 30.4 Å². The molecule has 0 unspecified atom stereocenters. The van der Waals surface area contributed by atoms with Crippen LogP contribution in [-0.4, -0.2) is 41.4 Å². The fraction of sp³-hybridized carbons (Fsp3) is 0.238. The summed E-state index contributed by atoms with van der Waals surface area (Å²) in [7, 11) is -2.62. The Morgan fingerprint density at radius 3 is 2.41 bits per heavy atom. The van der Waals surface area contributed by atoms with Gasteiger partial charge in [0.25, 0.3) is 0 Å². The van der Waals surface area contributed by atoms with Crippen LogP contribution in [-0.2, 0) is 39.1 Å². The molecule has 4 rings (SSSR count). The highest BCUT2D eigenvalue weighted by Crippen LogP contribution is 2.29. The lowest BCUT2D eigenvalue weighted by molar-refractivity contribution is -0.145. The third-order valence-corrected chi connectivity index (χ3v) is 6.96. The molecule has 0 bridgehead atoms. The lowest BCUT2D eigenvalue weighted by Crippen LogP contribution is -2.49. The Balaban J connectivity index is 1.73. The molecule has 0 fully saturated rings. The summed E-state index contributed by atoms with van der Waals surface area (Å²) in [6.45, 7) is 0.629. The van der Waals surface area contributed by atoms with Crippen LogP contribution in [0.4, 0.5) is 0 Å². The topological polar surface area (TPSA) is 81.5 Å². The van der Waals surface area contributed by atoms with E-state index >= 15 is 0 Å². The molecule has 0 saturated carbocycles. The number of carbonyl (C=O) groups is 1. The third-order valence-electron chi connectivity index (χ3n) is 5.09. The molecule has 0 N–H and O–H groups in total. The van der Waals surface area contributed by atoms with E-state index in [2.05, 4.69) is 4.98 Å². The van der Waals surface area contributed by atoms with Gasteiger partial charge in [0.2, 0.25) is 10.0 Å². The number of hydrogen-bond acceptors (Lipinski definition) is 5. The number of esters is 1. The molecule has 0 amide bonds. The van der Waals surface area contributed by atoms with Crippen LogP contribution in [0.25, 0.3) is 0 Å². The standard InChI is InChI=1S/C21H21N3O4S/c1-28-21(25)19-12-18-20(23(15-22-18)13-16-8-4-2-5-9-16)14-24(19)29(26,27)17-10-6-3-7-11-17/h2-11,15,19H,12-14H2,1H3/t19-/m0/s1. The van der Waals surface area contributed by atoms with Crippen LogP contribution in [0.2, 0.25) is 0 Å². The van der Waals surface area contributed by atoms with Crippen LogP contribution < -0.4 is 0 Å². The molecule has 0 aliphatic carbocycles. The number of sulfonamides is 1. The fourth-order valence-corrected chi connectivity index (χ4v) is 5.14. The van der Waals surface area contributed by atoms with Crippen LogP contribution in [0.15, 0.2) is 71.9 Å². The lowest BCUT2D eigenvalue weighted by atomic mass is 10.1. The summed E-state index contributed by atoms with van der Waals surface area (Å²) in [6.07, 6.45) is 1.88. The summed E-state index contributed by atoms with van der Waals surface area (Å²) >= 11 is 0. The van der Waals surface area contributed by atoms with E-state index in [0.29, 0.717) is 6.54 Å². The van der Waals surface area contributed by atoms with Crippen LogP contribution in [0.3, 0.4) is 0 Å². The van der Waals surface area contributed by atoms with Crippen molar-refractivity contribution in [1.29, 1.82) is 0 Å². The number of benzene rings is 2. The maximum Gasteiger partial charge on any atom is 0.324 e. The summed E-state index contributed by atoms with van der Waals surface area (Å²) in [5.41, 5.74) is 2.59. The first-order chi connectivity index (χ1) is 14.0. The average Bonchev–Trinajstić information content (AvgIpc) is 3.15. The molecule has 1 atom stereocenters. The molecule has 0 saturated heterocycles. The highest BCUT2D eigenvalue weighted by molar-refractivity contribution is 7.89. The number of fused-ring (bicyclic) bond motifs is 1. The van der Waals surface area contributed by atoms with Gasteiger partial charge in [0.15, 0.2) is 0 Å². The molecule has 2 aromatic carbocycles. The van der Waals surface area contributed by atoms with Gasteiger partial charge in [-0.15, -0.1) is 0 Å². The minimum absolute atomic E-state index is 0.0547. The zero-order chi connectivity index (χ0) is 20.4. The number of hydrogen-bond donors (Lipinski definition) is 0. The minimum atomic E-state index is -3.89. The predicted molar refractivity (Wildman–Crippen MR) is 106 cm³/mol. The molecule has 3 aromatic rings.